The Morgan fingerprint density at radius 3 is 2.63 bits per heavy atom. The van der Waals surface area contributed by atoms with Crippen LogP contribution < -0.4 is 15.5 Å². The molecule has 162 valence electrons. The minimum atomic E-state index is 0.318. The van der Waals surface area contributed by atoms with Crippen molar-refractivity contribution in [2.75, 3.05) is 25.0 Å². The molecule has 0 spiro atoms. The van der Waals surface area contributed by atoms with Crippen LogP contribution in [-0.2, 0) is 25.9 Å². The number of nitrogens with zero attached hydrogens (tertiary/aromatic N) is 5. The molecule has 1 atom stereocenters. The lowest BCUT2D eigenvalue weighted by Gasteiger charge is -2.32. The van der Waals surface area contributed by atoms with Crippen LogP contribution in [0.5, 0.6) is 0 Å². The van der Waals surface area contributed by atoms with Gasteiger partial charge < -0.3 is 15.5 Å². The van der Waals surface area contributed by atoms with Gasteiger partial charge in [-0.05, 0) is 42.9 Å². The molecule has 1 unspecified atom stereocenters. The van der Waals surface area contributed by atoms with Crippen molar-refractivity contribution in [3.63, 3.8) is 0 Å². The molecule has 7 heteroatoms. The Hall–Kier alpha value is -2.57. The number of rotatable bonds is 5. The molecule has 1 saturated heterocycles. The Kier molecular flexibility index (Phi) is 6.55. The van der Waals surface area contributed by atoms with Gasteiger partial charge in [0, 0.05) is 51.3 Å². The summed E-state index contributed by atoms with van der Waals surface area (Å²) in [5, 5.41) is 11.6. The largest absolute Gasteiger partial charge is 0.372 e. The third-order valence-electron chi connectivity index (χ3n) is 6.33. The minimum absolute atomic E-state index is 0.318. The first kappa shape index (κ1) is 20.7. The number of guanidine groups is 1. The highest BCUT2D eigenvalue weighted by atomic mass is 15.4. The summed E-state index contributed by atoms with van der Waals surface area (Å²) in [5.74, 6) is 3.75. The first-order valence-electron chi connectivity index (χ1n) is 11.4. The maximum atomic E-state index is 4.60. The molecule has 30 heavy (non-hydrogen) atoms. The second-order valence-corrected chi connectivity index (χ2v) is 8.62. The highest BCUT2D eigenvalue weighted by Gasteiger charge is 2.22. The Morgan fingerprint density at radius 2 is 1.93 bits per heavy atom. The van der Waals surface area contributed by atoms with E-state index in [0.717, 1.165) is 55.9 Å². The van der Waals surface area contributed by atoms with Crippen molar-refractivity contribution in [3.8, 4) is 0 Å². The zero-order valence-electron chi connectivity index (χ0n) is 18.6. The van der Waals surface area contributed by atoms with Gasteiger partial charge in [0.05, 0.1) is 6.54 Å². The predicted molar refractivity (Wildman–Crippen MR) is 122 cm³/mol. The van der Waals surface area contributed by atoms with Gasteiger partial charge in [0.1, 0.15) is 5.82 Å². The summed E-state index contributed by atoms with van der Waals surface area (Å²) in [6.07, 6.45) is 5.48. The molecule has 1 fully saturated rings. The zero-order chi connectivity index (χ0) is 20.9. The molecule has 7 nitrogen and oxygen atoms in total. The van der Waals surface area contributed by atoms with E-state index in [9.17, 15) is 0 Å². The third kappa shape index (κ3) is 4.94. The second-order valence-electron chi connectivity index (χ2n) is 8.62. The Morgan fingerprint density at radius 1 is 1.17 bits per heavy atom. The maximum absolute atomic E-state index is 4.60. The van der Waals surface area contributed by atoms with Gasteiger partial charge in [-0.1, -0.05) is 26.0 Å². The van der Waals surface area contributed by atoms with Gasteiger partial charge in [-0.25, -0.2) is 9.67 Å². The summed E-state index contributed by atoms with van der Waals surface area (Å²) >= 11 is 0. The van der Waals surface area contributed by atoms with Gasteiger partial charge in [-0.15, -0.1) is 0 Å². The van der Waals surface area contributed by atoms with E-state index < -0.39 is 0 Å². The molecule has 1 aromatic heterocycles. The summed E-state index contributed by atoms with van der Waals surface area (Å²) in [5.41, 5.74) is 2.60. The van der Waals surface area contributed by atoms with E-state index in [4.69, 9.17) is 0 Å². The summed E-state index contributed by atoms with van der Waals surface area (Å²) in [4.78, 5) is 11.5. The van der Waals surface area contributed by atoms with E-state index >= 15 is 0 Å². The summed E-state index contributed by atoms with van der Waals surface area (Å²) in [6.45, 7) is 8.40. The fraction of sp³-hybridized carbons (Fsp3) is 0.609. The fourth-order valence-corrected chi connectivity index (χ4v) is 4.29. The highest BCUT2D eigenvalue weighted by Crippen LogP contribution is 2.23. The van der Waals surface area contributed by atoms with Crippen LogP contribution in [0.3, 0.4) is 0 Å². The molecule has 2 N–H and O–H groups in total. The van der Waals surface area contributed by atoms with Crippen LogP contribution in [0.1, 0.15) is 50.3 Å². The van der Waals surface area contributed by atoms with E-state index in [2.05, 4.69) is 68.7 Å². The van der Waals surface area contributed by atoms with Crippen molar-refractivity contribution < 1.29 is 0 Å². The van der Waals surface area contributed by atoms with Gasteiger partial charge >= 0.3 is 0 Å². The van der Waals surface area contributed by atoms with Crippen molar-refractivity contribution in [2.45, 2.75) is 65.1 Å². The van der Waals surface area contributed by atoms with E-state index in [1.165, 1.54) is 37.2 Å². The van der Waals surface area contributed by atoms with Crippen molar-refractivity contribution >= 4 is 11.6 Å². The lowest BCUT2D eigenvalue weighted by Crippen LogP contribution is -2.46. The molecule has 2 aliphatic heterocycles. The predicted octanol–water partition coefficient (Wildman–Crippen LogP) is 2.76. The SMILES string of the molecule is CCc1nc2n(n1)CC(NC(=NC)NCc1ccc(N3CCC(C)CC3)cc1)CC2. The number of nitrogens with one attached hydrogen (secondary N) is 2. The standard InChI is InChI=1S/C23H35N7/c1-4-21-27-22-10-7-19(16-30(22)28-21)26-23(24-3)25-15-18-5-8-20(9-6-18)29-13-11-17(2)12-14-29/h5-6,8-9,17,19H,4,7,10-16H2,1-3H3,(H2,24,25,26). The lowest BCUT2D eigenvalue weighted by molar-refractivity contribution is 0.392. The topological polar surface area (TPSA) is 70.4 Å². The monoisotopic (exact) mass is 409 g/mol. The average molecular weight is 410 g/mol. The average Bonchev–Trinajstić information content (AvgIpc) is 3.20. The number of hydrogen-bond donors (Lipinski definition) is 2. The van der Waals surface area contributed by atoms with Gasteiger partial charge in [0.15, 0.2) is 11.8 Å². The van der Waals surface area contributed by atoms with Crippen LogP contribution in [0, 0.1) is 5.92 Å². The number of fused-ring (bicyclic) bond motifs is 1. The van der Waals surface area contributed by atoms with Crippen LogP contribution in [-0.4, -0.2) is 46.9 Å². The van der Waals surface area contributed by atoms with Crippen LogP contribution in [0.25, 0.3) is 0 Å². The normalized spacial score (nSPS) is 20.2. The number of aryl methyl sites for hydroxylation is 2. The zero-order valence-corrected chi connectivity index (χ0v) is 18.6. The number of piperidine rings is 1. The van der Waals surface area contributed by atoms with Crippen molar-refractivity contribution in [1.29, 1.82) is 0 Å². The Balaban J connectivity index is 1.27. The van der Waals surface area contributed by atoms with Crippen LogP contribution in [0.2, 0.25) is 0 Å². The van der Waals surface area contributed by atoms with Gasteiger partial charge in [-0.3, -0.25) is 4.99 Å². The van der Waals surface area contributed by atoms with Gasteiger partial charge in [0.2, 0.25) is 0 Å². The van der Waals surface area contributed by atoms with Crippen molar-refractivity contribution in [2.24, 2.45) is 10.9 Å². The molecule has 3 heterocycles. The second kappa shape index (κ2) is 9.49. The molecule has 0 amide bonds. The number of aliphatic imine (C=N–C) groups is 1. The van der Waals surface area contributed by atoms with Gasteiger partial charge in [-0.2, -0.15) is 5.10 Å². The number of aromatic nitrogens is 3. The first-order chi connectivity index (χ1) is 14.6. The summed E-state index contributed by atoms with van der Waals surface area (Å²) in [6, 6.07) is 9.27. The van der Waals surface area contributed by atoms with Crippen molar-refractivity contribution in [1.82, 2.24) is 25.4 Å². The van der Waals surface area contributed by atoms with Crippen LogP contribution in [0.15, 0.2) is 29.3 Å². The van der Waals surface area contributed by atoms with Crippen LogP contribution in [0.4, 0.5) is 5.69 Å². The Labute approximate surface area is 180 Å². The van der Waals surface area contributed by atoms with E-state index in [0.29, 0.717) is 6.04 Å². The molecule has 0 bridgehead atoms. The molecule has 0 saturated carbocycles. The molecule has 2 aromatic rings. The molecular formula is C23H35N7. The van der Waals surface area contributed by atoms with E-state index in [1.807, 2.05) is 11.7 Å². The highest BCUT2D eigenvalue weighted by molar-refractivity contribution is 5.80. The minimum Gasteiger partial charge on any atom is -0.372 e. The van der Waals surface area contributed by atoms with Crippen LogP contribution >= 0.6 is 0 Å². The molecule has 1 aromatic carbocycles. The molecule has 2 aliphatic rings. The summed E-state index contributed by atoms with van der Waals surface area (Å²) in [7, 11) is 1.83. The van der Waals surface area contributed by atoms with Crippen molar-refractivity contribution in [3.05, 3.63) is 41.5 Å². The molecule has 0 aliphatic carbocycles. The first-order valence-corrected chi connectivity index (χ1v) is 11.4. The number of anilines is 1. The maximum Gasteiger partial charge on any atom is 0.191 e. The summed E-state index contributed by atoms with van der Waals surface area (Å²) < 4.78 is 2.05. The molecular weight excluding hydrogens is 374 g/mol. The lowest BCUT2D eigenvalue weighted by atomic mass is 9.99. The fourth-order valence-electron chi connectivity index (χ4n) is 4.29. The number of hydrogen-bond acceptors (Lipinski definition) is 4. The smallest absolute Gasteiger partial charge is 0.191 e. The third-order valence-corrected chi connectivity index (χ3v) is 6.33. The van der Waals surface area contributed by atoms with E-state index in [-0.39, 0.29) is 0 Å². The Bertz CT molecular complexity index is 847. The molecule has 4 rings (SSSR count). The van der Waals surface area contributed by atoms with E-state index in [1.54, 1.807) is 0 Å². The number of benzene rings is 1. The quantitative estimate of drug-likeness (QED) is 0.587. The van der Waals surface area contributed by atoms with Gasteiger partial charge in [0.25, 0.3) is 0 Å². The molecule has 0 radical (unpaired) electrons.